The van der Waals surface area contributed by atoms with E-state index in [9.17, 15) is 5.11 Å². The molecule has 3 nitrogen and oxygen atoms in total. The van der Waals surface area contributed by atoms with E-state index in [1.165, 1.54) is 17.7 Å². The normalized spacial score (nSPS) is 21.4. The van der Waals surface area contributed by atoms with Crippen molar-refractivity contribution in [1.82, 2.24) is 4.90 Å². The zero-order valence-corrected chi connectivity index (χ0v) is 12.2. The second-order valence-corrected chi connectivity index (χ2v) is 5.47. The summed E-state index contributed by atoms with van der Waals surface area (Å²) in [6, 6.07) is 9.38. The lowest BCUT2D eigenvalue weighted by Gasteiger charge is -2.29. The van der Waals surface area contributed by atoms with Gasteiger partial charge in [-0.05, 0) is 50.6 Å². The van der Waals surface area contributed by atoms with Crippen molar-refractivity contribution in [3.05, 3.63) is 29.8 Å². The minimum absolute atomic E-state index is 0.275. The number of rotatable bonds is 4. The lowest BCUT2D eigenvalue weighted by Crippen LogP contribution is -2.39. The Balaban J connectivity index is 2.08. The molecule has 0 saturated carbocycles. The number of benzene rings is 1. The fraction of sp³-hybridized carbons (Fsp3) is 0.625. The van der Waals surface area contributed by atoms with Gasteiger partial charge < -0.3 is 14.9 Å². The van der Waals surface area contributed by atoms with E-state index in [4.69, 9.17) is 0 Å². The van der Waals surface area contributed by atoms with E-state index in [2.05, 4.69) is 48.0 Å². The van der Waals surface area contributed by atoms with Gasteiger partial charge in [0.1, 0.15) is 0 Å². The molecule has 0 aliphatic carbocycles. The van der Waals surface area contributed by atoms with Crippen molar-refractivity contribution in [3.8, 4) is 0 Å². The molecule has 1 aromatic rings. The molecule has 0 amide bonds. The largest absolute Gasteiger partial charge is 0.396 e. The maximum atomic E-state index is 9.21. The molecule has 1 aromatic carbocycles. The molecular formula is C16H26N2O. The number of hydrogen-bond donors (Lipinski definition) is 1. The Morgan fingerprint density at radius 1 is 1.21 bits per heavy atom. The van der Waals surface area contributed by atoms with Gasteiger partial charge in [0.25, 0.3) is 0 Å². The number of nitrogens with zero attached hydrogens (tertiary/aromatic N) is 2. The fourth-order valence-electron chi connectivity index (χ4n) is 2.82. The van der Waals surface area contributed by atoms with Crippen molar-refractivity contribution in [2.45, 2.75) is 32.2 Å². The Morgan fingerprint density at radius 2 is 1.95 bits per heavy atom. The molecular weight excluding hydrogens is 236 g/mol. The van der Waals surface area contributed by atoms with Gasteiger partial charge in [-0.1, -0.05) is 19.1 Å². The smallest absolute Gasteiger partial charge is 0.0446 e. The van der Waals surface area contributed by atoms with Crippen LogP contribution in [-0.2, 0) is 6.42 Å². The molecule has 0 radical (unpaired) electrons. The van der Waals surface area contributed by atoms with E-state index < -0.39 is 0 Å². The van der Waals surface area contributed by atoms with Gasteiger partial charge in [-0.15, -0.1) is 0 Å². The summed E-state index contributed by atoms with van der Waals surface area (Å²) in [6.45, 7) is 5.71. The van der Waals surface area contributed by atoms with Gasteiger partial charge in [0.2, 0.25) is 0 Å². The highest BCUT2D eigenvalue weighted by molar-refractivity contribution is 5.48. The molecule has 1 aliphatic rings. The first kappa shape index (κ1) is 14.4. The molecule has 0 spiro atoms. The van der Waals surface area contributed by atoms with Gasteiger partial charge in [0.05, 0.1) is 0 Å². The molecule has 1 aliphatic heterocycles. The summed E-state index contributed by atoms with van der Waals surface area (Å²) in [5.41, 5.74) is 2.71. The van der Waals surface area contributed by atoms with Crippen LogP contribution in [0.25, 0.3) is 0 Å². The Bertz CT molecular complexity index is 377. The van der Waals surface area contributed by atoms with Crippen molar-refractivity contribution in [2.24, 2.45) is 0 Å². The number of anilines is 1. The maximum absolute atomic E-state index is 9.21. The number of aryl methyl sites for hydroxylation is 1. The number of likely N-dealkylation sites (N-methyl/N-ethyl adjacent to an activating group) is 1. The number of aliphatic hydroxyl groups excluding tert-OH is 1. The first-order valence-electron chi connectivity index (χ1n) is 7.39. The van der Waals surface area contributed by atoms with E-state index in [0.717, 1.165) is 32.5 Å². The molecule has 1 unspecified atom stereocenters. The van der Waals surface area contributed by atoms with E-state index in [1.54, 1.807) is 0 Å². The molecule has 1 N–H and O–H groups in total. The zero-order valence-electron chi connectivity index (χ0n) is 12.2. The van der Waals surface area contributed by atoms with Crippen molar-refractivity contribution in [1.29, 1.82) is 0 Å². The summed E-state index contributed by atoms with van der Waals surface area (Å²) in [5, 5.41) is 9.21. The van der Waals surface area contributed by atoms with Crippen molar-refractivity contribution in [2.75, 3.05) is 38.2 Å². The zero-order chi connectivity index (χ0) is 13.7. The molecule has 1 fully saturated rings. The highest BCUT2D eigenvalue weighted by Gasteiger charge is 2.21. The van der Waals surface area contributed by atoms with Crippen LogP contribution in [0.15, 0.2) is 24.3 Å². The molecule has 1 saturated heterocycles. The fourth-order valence-corrected chi connectivity index (χ4v) is 2.82. The van der Waals surface area contributed by atoms with Gasteiger partial charge in [0, 0.05) is 31.4 Å². The molecule has 1 atom stereocenters. The summed E-state index contributed by atoms with van der Waals surface area (Å²) in [4.78, 5) is 4.85. The van der Waals surface area contributed by atoms with Crippen LogP contribution in [0.5, 0.6) is 0 Å². The number of hydrogen-bond acceptors (Lipinski definition) is 3. The monoisotopic (exact) mass is 262 g/mol. The van der Waals surface area contributed by atoms with Crippen LogP contribution < -0.4 is 4.90 Å². The first-order valence-corrected chi connectivity index (χ1v) is 7.39. The van der Waals surface area contributed by atoms with Gasteiger partial charge in [0.15, 0.2) is 0 Å². The highest BCUT2D eigenvalue weighted by Crippen LogP contribution is 2.20. The second-order valence-electron chi connectivity index (χ2n) is 5.47. The van der Waals surface area contributed by atoms with Crippen LogP contribution in [0, 0.1) is 0 Å². The molecule has 1 heterocycles. The molecule has 0 aromatic heterocycles. The van der Waals surface area contributed by atoms with E-state index in [0.29, 0.717) is 6.04 Å². The van der Waals surface area contributed by atoms with Crippen molar-refractivity contribution < 1.29 is 5.11 Å². The lowest BCUT2D eigenvalue weighted by atomic mass is 10.1. The minimum atomic E-state index is 0.275. The molecule has 3 heteroatoms. The lowest BCUT2D eigenvalue weighted by molar-refractivity contribution is 0.196. The Hall–Kier alpha value is -1.06. The Morgan fingerprint density at radius 3 is 2.58 bits per heavy atom. The summed E-state index contributed by atoms with van der Waals surface area (Å²) in [7, 11) is 2.17. The number of aliphatic hydroxyl groups is 1. The SMILES string of the molecule is CCc1ccc(N2CCCN(C)C(CCO)C2)cc1. The maximum Gasteiger partial charge on any atom is 0.0446 e. The third-order valence-corrected chi connectivity index (χ3v) is 4.17. The molecule has 19 heavy (non-hydrogen) atoms. The highest BCUT2D eigenvalue weighted by atomic mass is 16.3. The Labute approximate surface area is 116 Å². The predicted octanol–water partition coefficient (Wildman–Crippen LogP) is 2.14. The van der Waals surface area contributed by atoms with Crippen molar-refractivity contribution in [3.63, 3.8) is 0 Å². The third kappa shape index (κ3) is 3.71. The van der Waals surface area contributed by atoms with Gasteiger partial charge in [-0.3, -0.25) is 0 Å². The molecule has 106 valence electrons. The van der Waals surface area contributed by atoms with Crippen LogP contribution in [0.1, 0.15) is 25.3 Å². The van der Waals surface area contributed by atoms with E-state index >= 15 is 0 Å². The van der Waals surface area contributed by atoms with Crippen molar-refractivity contribution >= 4 is 5.69 Å². The van der Waals surface area contributed by atoms with Gasteiger partial charge in [-0.25, -0.2) is 0 Å². The van der Waals surface area contributed by atoms with Gasteiger partial charge in [-0.2, -0.15) is 0 Å². The van der Waals surface area contributed by atoms with Crippen LogP contribution >= 0.6 is 0 Å². The second kappa shape index (κ2) is 6.92. The van der Waals surface area contributed by atoms with E-state index in [1.807, 2.05) is 0 Å². The first-order chi connectivity index (χ1) is 9.24. The quantitative estimate of drug-likeness (QED) is 0.900. The third-order valence-electron chi connectivity index (χ3n) is 4.17. The standard InChI is InChI=1S/C16H26N2O/c1-3-14-5-7-15(8-6-14)18-11-4-10-17(2)16(13-18)9-12-19/h5-8,16,19H,3-4,9-13H2,1-2H3. The van der Waals surface area contributed by atoms with Crippen LogP contribution in [0.2, 0.25) is 0 Å². The average Bonchev–Trinajstić information content (AvgIpc) is 2.62. The average molecular weight is 262 g/mol. The topological polar surface area (TPSA) is 26.7 Å². The van der Waals surface area contributed by atoms with E-state index in [-0.39, 0.29) is 6.61 Å². The summed E-state index contributed by atoms with van der Waals surface area (Å²) < 4.78 is 0. The van der Waals surface area contributed by atoms with Crippen LogP contribution in [0.4, 0.5) is 5.69 Å². The summed E-state index contributed by atoms with van der Waals surface area (Å²) in [5.74, 6) is 0. The van der Waals surface area contributed by atoms with Crippen LogP contribution in [0.3, 0.4) is 0 Å². The molecule has 0 bridgehead atoms. The predicted molar refractivity (Wildman–Crippen MR) is 80.8 cm³/mol. The van der Waals surface area contributed by atoms with Gasteiger partial charge >= 0.3 is 0 Å². The molecule has 2 rings (SSSR count). The minimum Gasteiger partial charge on any atom is -0.396 e. The Kier molecular flexibility index (Phi) is 5.23. The summed E-state index contributed by atoms with van der Waals surface area (Å²) >= 11 is 0. The van der Waals surface area contributed by atoms with Crippen LogP contribution in [-0.4, -0.2) is 49.3 Å². The summed E-state index contributed by atoms with van der Waals surface area (Å²) in [6.07, 6.45) is 3.14.